The number of aromatic nitrogens is 2. The van der Waals surface area contributed by atoms with Crippen LogP contribution in [0.25, 0.3) is 10.2 Å². The van der Waals surface area contributed by atoms with Gasteiger partial charge in [-0.15, -0.1) is 11.3 Å². The zero-order valence-corrected chi connectivity index (χ0v) is 18.5. The Morgan fingerprint density at radius 1 is 1.28 bits per heavy atom. The smallest absolute Gasteiger partial charge is 0.238 e. The van der Waals surface area contributed by atoms with Crippen LogP contribution in [0.3, 0.4) is 0 Å². The monoisotopic (exact) mass is 450 g/mol. The Hall–Kier alpha value is -2.01. The number of amides is 1. The van der Waals surface area contributed by atoms with Gasteiger partial charge < -0.3 is 5.32 Å². The normalized spacial score (nSPS) is 12.8. The van der Waals surface area contributed by atoms with Gasteiger partial charge in [0.1, 0.15) is 16.2 Å². The van der Waals surface area contributed by atoms with Crippen LogP contribution in [0, 0.1) is 0 Å². The second kappa shape index (κ2) is 9.21. The Bertz CT molecular complexity index is 1110. The van der Waals surface area contributed by atoms with Gasteiger partial charge in [-0.1, -0.05) is 30.8 Å². The number of carbonyl (C=O) groups is 1. The van der Waals surface area contributed by atoms with Crippen LogP contribution in [0.5, 0.6) is 0 Å². The van der Waals surface area contributed by atoms with Gasteiger partial charge in [0.2, 0.25) is 15.9 Å². The molecule has 2 heterocycles. The molecule has 1 amide bonds. The molecule has 10 heteroatoms. The lowest BCUT2D eigenvalue weighted by Crippen LogP contribution is -2.32. The molecule has 0 fully saturated rings. The van der Waals surface area contributed by atoms with Gasteiger partial charge >= 0.3 is 0 Å². The summed E-state index contributed by atoms with van der Waals surface area (Å²) in [4.78, 5) is 23.4. The van der Waals surface area contributed by atoms with Crippen molar-refractivity contribution in [3.63, 3.8) is 0 Å². The zero-order chi connectivity index (χ0) is 21.0. The number of primary sulfonamides is 1. The molecule has 3 rings (SSSR count). The van der Waals surface area contributed by atoms with Crippen molar-refractivity contribution in [1.29, 1.82) is 0 Å². The summed E-state index contributed by atoms with van der Waals surface area (Å²) in [5.74, 6) is -0.0751. The van der Waals surface area contributed by atoms with E-state index in [2.05, 4.69) is 28.3 Å². The molecule has 0 radical (unpaired) electrons. The van der Waals surface area contributed by atoms with Gasteiger partial charge in [0.25, 0.3) is 0 Å². The minimum atomic E-state index is -3.69. The van der Waals surface area contributed by atoms with Crippen molar-refractivity contribution in [2.75, 3.05) is 6.54 Å². The number of nitrogens with two attached hydrogens (primary N) is 1. The summed E-state index contributed by atoms with van der Waals surface area (Å²) in [5.41, 5.74) is 0.917. The van der Waals surface area contributed by atoms with E-state index in [1.807, 2.05) is 6.92 Å². The third kappa shape index (κ3) is 5.53. The van der Waals surface area contributed by atoms with Crippen molar-refractivity contribution in [3.8, 4) is 0 Å². The third-order valence-electron chi connectivity index (χ3n) is 4.31. The predicted molar refractivity (Wildman–Crippen MR) is 117 cm³/mol. The van der Waals surface area contributed by atoms with Gasteiger partial charge in [0.05, 0.1) is 10.1 Å². The highest BCUT2D eigenvalue weighted by molar-refractivity contribution is 8.00. The maximum absolute atomic E-state index is 12.5. The van der Waals surface area contributed by atoms with Crippen LogP contribution < -0.4 is 10.5 Å². The number of sulfonamides is 1. The lowest BCUT2D eigenvalue weighted by Gasteiger charge is -2.12. The second-order valence-electron chi connectivity index (χ2n) is 6.45. The van der Waals surface area contributed by atoms with Crippen LogP contribution in [0.15, 0.2) is 46.6 Å². The highest BCUT2D eigenvalue weighted by Gasteiger charge is 2.17. The fraction of sp³-hybridized carbons (Fsp3) is 0.316. The quantitative estimate of drug-likeness (QED) is 0.403. The van der Waals surface area contributed by atoms with Crippen molar-refractivity contribution in [2.24, 2.45) is 5.14 Å². The summed E-state index contributed by atoms with van der Waals surface area (Å²) >= 11 is 3.07. The van der Waals surface area contributed by atoms with E-state index in [-0.39, 0.29) is 16.1 Å². The molecule has 3 aromatic rings. The standard InChI is InChI=1S/C19H22N4O3S3/c1-3-14-10-16-18(22-11-23-19(16)28-14)27-12(2)17(24)21-9-8-13-4-6-15(7-5-13)29(20,25)26/h4-7,10-12H,3,8-9H2,1-2H3,(H,21,24)(H2,20,25,26). The molecule has 1 atom stereocenters. The van der Waals surface area contributed by atoms with Crippen LogP contribution >= 0.6 is 23.1 Å². The summed E-state index contributed by atoms with van der Waals surface area (Å²) in [6.07, 6.45) is 3.08. The number of nitrogens with one attached hydrogen (secondary N) is 1. The van der Waals surface area contributed by atoms with Crippen LogP contribution in [0.4, 0.5) is 0 Å². The maximum Gasteiger partial charge on any atom is 0.238 e. The Morgan fingerprint density at radius 3 is 2.66 bits per heavy atom. The van der Waals surface area contributed by atoms with E-state index in [0.29, 0.717) is 13.0 Å². The molecular weight excluding hydrogens is 428 g/mol. The lowest BCUT2D eigenvalue weighted by molar-refractivity contribution is -0.120. The summed E-state index contributed by atoms with van der Waals surface area (Å²) in [6, 6.07) is 8.43. The number of thiophene rings is 1. The van der Waals surface area contributed by atoms with Gasteiger partial charge in [0, 0.05) is 16.8 Å². The minimum absolute atomic E-state index is 0.0751. The minimum Gasteiger partial charge on any atom is -0.355 e. The topological polar surface area (TPSA) is 115 Å². The van der Waals surface area contributed by atoms with Crippen molar-refractivity contribution in [2.45, 2.75) is 41.9 Å². The van der Waals surface area contributed by atoms with Gasteiger partial charge in [-0.3, -0.25) is 4.79 Å². The Labute approximate surface area is 178 Å². The summed E-state index contributed by atoms with van der Waals surface area (Å²) in [5, 5.41) is 9.51. The molecule has 1 unspecified atom stereocenters. The van der Waals surface area contributed by atoms with Crippen LogP contribution in [-0.2, 0) is 27.7 Å². The van der Waals surface area contributed by atoms with E-state index < -0.39 is 10.0 Å². The van der Waals surface area contributed by atoms with Crippen molar-refractivity contribution >= 4 is 49.2 Å². The lowest BCUT2D eigenvalue weighted by atomic mass is 10.1. The first-order valence-corrected chi connectivity index (χ1v) is 12.3. The fourth-order valence-corrected chi connectivity index (χ4v) is 5.12. The predicted octanol–water partition coefficient (Wildman–Crippen LogP) is 2.74. The molecule has 0 saturated heterocycles. The molecule has 1 aromatic carbocycles. The second-order valence-corrected chi connectivity index (χ2v) is 10.5. The largest absolute Gasteiger partial charge is 0.355 e. The molecule has 0 bridgehead atoms. The Kier molecular flexibility index (Phi) is 6.89. The van der Waals surface area contributed by atoms with E-state index in [1.165, 1.54) is 35.1 Å². The fourth-order valence-electron chi connectivity index (χ4n) is 2.69. The summed E-state index contributed by atoms with van der Waals surface area (Å²) in [6.45, 7) is 4.40. The first-order chi connectivity index (χ1) is 13.8. The number of benzene rings is 1. The van der Waals surface area contributed by atoms with E-state index in [1.54, 1.807) is 23.5 Å². The molecular formula is C19H22N4O3S3. The van der Waals surface area contributed by atoms with E-state index in [4.69, 9.17) is 5.14 Å². The molecule has 0 aliphatic carbocycles. The highest BCUT2D eigenvalue weighted by Crippen LogP contribution is 2.32. The number of rotatable bonds is 8. The van der Waals surface area contributed by atoms with Crippen molar-refractivity contribution in [1.82, 2.24) is 15.3 Å². The molecule has 2 aromatic heterocycles. The SMILES string of the molecule is CCc1cc2c(SC(C)C(=O)NCCc3ccc(S(N)(=O)=O)cc3)ncnc2s1. The first kappa shape index (κ1) is 21.7. The van der Waals surface area contributed by atoms with Gasteiger partial charge in [-0.25, -0.2) is 23.5 Å². The zero-order valence-electron chi connectivity index (χ0n) is 16.1. The van der Waals surface area contributed by atoms with Gasteiger partial charge in [-0.2, -0.15) is 0 Å². The number of aryl methyl sites for hydroxylation is 1. The van der Waals surface area contributed by atoms with Crippen LogP contribution in [-0.4, -0.2) is 36.1 Å². The third-order valence-corrected chi connectivity index (χ3v) is 7.55. The number of hydrogen-bond donors (Lipinski definition) is 2. The number of thioether (sulfide) groups is 1. The molecule has 3 N–H and O–H groups in total. The Balaban J connectivity index is 1.55. The molecule has 29 heavy (non-hydrogen) atoms. The maximum atomic E-state index is 12.5. The molecule has 0 aliphatic heterocycles. The molecule has 7 nitrogen and oxygen atoms in total. The van der Waals surface area contributed by atoms with E-state index in [9.17, 15) is 13.2 Å². The number of fused-ring (bicyclic) bond motifs is 1. The Morgan fingerprint density at radius 2 is 2.00 bits per heavy atom. The molecule has 0 saturated carbocycles. The summed E-state index contributed by atoms with van der Waals surface area (Å²) in [7, 11) is -3.69. The molecule has 0 spiro atoms. The van der Waals surface area contributed by atoms with Gasteiger partial charge in [0.15, 0.2) is 0 Å². The molecule has 154 valence electrons. The highest BCUT2D eigenvalue weighted by atomic mass is 32.2. The van der Waals surface area contributed by atoms with Crippen LogP contribution in [0.1, 0.15) is 24.3 Å². The van der Waals surface area contributed by atoms with Gasteiger partial charge in [-0.05, 0) is 43.5 Å². The number of carbonyl (C=O) groups excluding carboxylic acids is 1. The molecule has 0 aliphatic rings. The number of nitrogens with zero attached hydrogens (tertiary/aromatic N) is 2. The average molecular weight is 451 g/mol. The van der Waals surface area contributed by atoms with Crippen molar-refractivity contribution < 1.29 is 13.2 Å². The van der Waals surface area contributed by atoms with Crippen molar-refractivity contribution in [3.05, 3.63) is 47.1 Å². The van der Waals surface area contributed by atoms with E-state index >= 15 is 0 Å². The summed E-state index contributed by atoms with van der Waals surface area (Å²) < 4.78 is 22.6. The van der Waals surface area contributed by atoms with E-state index in [0.717, 1.165) is 27.2 Å². The van der Waals surface area contributed by atoms with Crippen LogP contribution in [0.2, 0.25) is 0 Å². The average Bonchev–Trinajstić information content (AvgIpc) is 3.12. The number of hydrogen-bond acceptors (Lipinski definition) is 7. The first-order valence-electron chi connectivity index (χ1n) is 9.07.